The number of hydrogen-bond donors (Lipinski definition) is 0. The third-order valence-electron chi connectivity index (χ3n) is 1.96. The smallest absolute Gasteiger partial charge is 0.329 e. The van der Waals surface area contributed by atoms with Crippen LogP contribution in [0, 0.1) is 0 Å². The first-order valence-corrected chi connectivity index (χ1v) is 6.77. The summed E-state index contributed by atoms with van der Waals surface area (Å²) >= 11 is 6.14. The van der Waals surface area contributed by atoms with E-state index in [1.807, 2.05) is 0 Å². The molecule has 8 heteroatoms. The standard InChI is InChI=1S/C10H9Br2F3N2O/c11-1-2-17(6-10(13,14)15)9(18)7-3-8(12)5-16-4-7/h3-5H,1-2,6H2. The first-order valence-electron chi connectivity index (χ1n) is 4.86. The Bertz CT molecular complexity index is 426. The monoisotopic (exact) mass is 388 g/mol. The van der Waals surface area contributed by atoms with Gasteiger partial charge in [-0.3, -0.25) is 9.78 Å². The molecule has 1 rings (SSSR count). The molecule has 0 spiro atoms. The molecule has 1 aromatic rings. The SMILES string of the molecule is O=C(c1cncc(Br)c1)N(CCBr)CC(F)(F)F. The van der Waals surface area contributed by atoms with Crippen LogP contribution in [0.2, 0.25) is 0 Å². The zero-order valence-electron chi connectivity index (χ0n) is 9.05. The summed E-state index contributed by atoms with van der Waals surface area (Å²) in [5.74, 6) is -0.694. The Morgan fingerprint density at radius 3 is 2.56 bits per heavy atom. The zero-order valence-corrected chi connectivity index (χ0v) is 12.2. The van der Waals surface area contributed by atoms with Crippen LogP contribution >= 0.6 is 31.9 Å². The minimum absolute atomic E-state index is 0.0230. The van der Waals surface area contributed by atoms with Crippen LogP contribution in [0.25, 0.3) is 0 Å². The van der Waals surface area contributed by atoms with Gasteiger partial charge in [-0.25, -0.2) is 0 Å². The quantitative estimate of drug-likeness (QED) is 0.740. The first-order chi connectivity index (χ1) is 8.33. The van der Waals surface area contributed by atoms with E-state index >= 15 is 0 Å². The highest BCUT2D eigenvalue weighted by Crippen LogP contribution is 2.19. The zero-order chi connectivity index (χ0) is 13.8. The molecule has 0 aliphatic rings. The number of rotatable bonds is 4. The van der Waals surface area contributed by atoms with Crippen molar-refractivity contribution in [2.45, 2.75) is 6.18 Å². The van der Waals surface area contributed by atoms with Gasteiger partial charge >= 0.3 is 6.18 Å². The van der Waals surface area contributed by atoms with Gasteiger partial charge in [0.1, 0.15) is 6.54 Å². The van der Waals surface area contributed by atoms with Crippen LogP contribution in [0.1, 0.15) is 10.4 Å². The minimum Gasteiger partial charge on any atom is -0.329 e. The third kappa shape index (κ3) is 4.93. The number of carbonyl (C=O) groups excluding carboxylic acids is 1. The predicted octanol–water partition coefficient (Wildman–Crippen LogP) is 3.24. The minimum atomic E-state index is -4.42. The summed E-state index contributed by atoms with van der Waals surface area (Å²) in [6, 6.07) is 1.44. The van der Waals surface area contributed by atoms with Crippen molar-refractivity contribution in [3.05, 3.63) is 28.5 Å². The van der Waals surface area contributed by atoms with Crippen LogP contribution in [0.3, 0.4) is 0 Å². The molecule has 0 aliphatic heterocycles. The van der Waals surface area contributed by atoms with Crippen LogP contribution < -0.4 is 0 Å². The van der Waals surface area contributed by atoms with Gasteiger partial charge in [0.25, 0.3) is 5.91 Å². The molecule has 3 nitrogen and oxygen atoms in total. The summed E-state index contributed by atoms with van der Waals surface area (Å²) in [4.78, 5) is 16.4. The molecule has 1 aromatic heterocycles. The average molecular weight is 390 g/mol. The van der Waals surface area contributed by atoms with Gasteiger partial charge in [-0.2, -0.15) is 13.2 Å². The average Bonchev–Trinajstić information content (AvgIpc) is 2.26. The summed E-state index contributed by atoms with van der Waals surface area (Å²) in [5, 5.41) is 0.274. The van der Waals surface area contributed by atoms with Crippen molar-refractivity contribution in [1.29, 1.82) is 0 Å². The number of halogens is 5. The van der Waals surface area contributed by atoms with Crippen LogP contribution in [-0.2, 0) is 0 Å². The fraction of sp³-hybridized carbons (Fsp3) is 0.400. The second kappa shape index (κ2) is 6.51. The van der Waals surface area contributed by atoms with Gasteiger partial charge < -0.3 is 4.90 Å². The highest BCUT2D eigenvalue weighted by Gasteiger charge is 2.33. The Morgan fingerprint density at radius 2 is 2.06 bits per heavy atom. The molecular formula is C10H9Br2F3N2O. The second-order valence-corrected chi connectivity index (χ2v) is 5.13. The Labute approximate surface area is 119 Å². The van der Waals surface area contributed by atoms with Gasteiger partial charge in [0.2, 0.25) is 0 Å². The van der Waals surface area contributed by atoms with E-state index in [0.717, 1.165) is 4.90 Å². The molecule has 1 amide bonds. The molecule has 0 bridgehead atoms. The van der Waals surface area contributed by atoms with Crippen LogP contribution in [0.5, 0.6) is 0 Å². The van der Waals surface area contributed by atoms with Crippen LogP contribution in [-0.4, -0.2) is 40.4 Å². The normalized spacial score (nSPS) is 11.4. The van der Waals surface area contributed by atoms with Gasteiger partial charge in [-0.15, -0.1) is 0 Å². The highest BCUT2D eigenvalue weighted by molar-refractivity contribution is 9.10. The lowest BCUT2D eigenvalue weighted by Crippen LogP contribution is -2.40. The first kappa shape index (κ1) is 15.4. The molecule has 18 heavy (non-hydrogen) atoms. The summed E-state index contributed by atoms with van der Waals surface area (Å²) < 4.78 is 37.6. The Kier molecular flexibility index (Phi) is 5.58. The largest absolute Gasteiger partial charge is 0.406 e. The van der Waals surface area contributed by atoms with Crippen molar-refractivity contribution in [2.24, 2.45) is 0 Å². The van der Waals surface area contributed by atoms with Gasteiger partial charge in [-0.1, -0.05) is 15.9 Å². The summed E-state index contributed by atoms with van der Waals surface area (Å²) in [6.07, 6.45) is -1.72. The second-order valence-electron chi connectivity index (χ2n) is 3.42. The number of amides is 1. The molecule has 0 aromatic carbocycles. The van der Waals surface area contributed by atoms with Gasteiger partial charge in [0, 0.05) is 28.7 Å². The van der Waals surface area contributed by atoms with Gasteiger partial charge in [0.05, 0.1) is 5.56 Å². The summed E-state index contributed by atoms with van der Waals surface area (Å²) in [5.41, 5.74) is 0.120. The molecule has 100 valence electrons. The molecule has 0 aliphatic carbocycles. The maximum Gasteiger partial charge on any atom is 0.406 e. The van der Waals surface area contributed by atoms with Crippen molar-refractivity contribution in [3.63, 3.8) is 0 Å². The van der Waals surface area contributed by atoms with Crippen molar-refractivity contribution in [3.8, 4) is 0 Å². The van der Waals surface area contributed by atoms with Crippen molar-refractivity contribution in [1.82, 2.24) is 9.88 Å². The number of alkyl halides is 4. The van der Waals surface area contributed by atoms with E-state index < -0.39 is 18.6 Å². The number of carbonyl (C=O) groups is 1. The van der Waals surface area contributed by atoms with E-state index in [1.54, 1.807) is 0 Å². The van der Waals surface area contributed by atoms with Gasteiger partial charge in [0.15, 0.2) is 0 Å². The molecule has 0 atom stereocenters. The van der Waals surface area contributed by atoms with Crippen molar-refractivity contribution in [2.75, 3.05) is 18.4 Å². The van der Waals surface area contributed by atoms with Crippen molar-refractivity contribution >= 4 is 37.8 Å². The van der Waals surface area contributed by atoms with Crippen LogP contribution in [0.4, 0.5) is 13.2 Å². The van der Waals surface area contributed by atoms with E-state index in [0.29, 0.717) is 4.47 Å². The lowest BCUT2D eigenvalue weighted by Gasteiger charge is -2.23. The number of nitrogens with zero attached hydrogens (tertiary/aromatic N) is 2. The fourth-order valence-electron chi connectivity index (χ4n) is 1.28. The lowest BCUT2D eigenvalue weighted by atomic mass is 10.2. The Hall–Kier alpha value is -0.630. The third-order valence-corrected chi connectivity index (χ3v) is 2.75. The molecule has 0 unspecified atom stereocenters. The molecule has 0 N–H and O–H groups in total. The van der Waals surface area contributed by atoms with E-state index in [1.165, 1.54) is 18.5 Å². The number of pyridine rings is 1. The fourth-order valence-corrected chi connectivity index (χ4v) is 2.08. The predicted molar refractivity (Wildman–Crippen MR) is 67.7 cm³/mol. The van der Waals surface area contributed by atoms with E-state index in [2.05, 4.69) is 36.8 Å². The maximum absolute atomic E-state index is 12.4. The van der Waals surface area contributed by atoms with Crippen LogP contribution in [0.15, 0.2) is 22.9 Å². The van der Waals surface area contributed by atoms with Gasteiger partial charge in [-0.05, 0) is 22.0 Å². The highest BCUT2D eigenvalue weighted by atomic mass is 79.9. The number of aromatic nitrogens is 1. The molecule has 1 heterocycles. The summed E-state index contributed by atoms with van der Waals surface area (Å²) in [7, 11) is 0. The van der Waals surface area contributed by atoms with E-state index in [-0.39, 0.29) is 17.4 Å². The number of hydrogen-bond acceptors (Lipinski definition) is 2. The van der Waals surface area contributed by atoms with Crippen molar-refractivity contribution < 1.29 is 18.0 Å². The Morgan fingerprint density at radius 1 is 1.39 bits per heavy atom. The molecule has 0 fully saturated rings. The Balaban J connectivity index is 2.89. The molecular weight excluding hydrogens is 381 g/mol. The summed E-state index contributed by atoms with van der Waals surface area (Å²) in [6.45, 7) is -1.30. The topological polar surface area (TPSA) is 33.2 Å². The van der Waals surface area contributed by atoms with E-state index in [9.17, 15) is 18.0 Å². The lowest BCUT2D eigenvalue weighted by molar-refractivity contribution is -0.140. The van der Waals surface area contributed by atoms with E-state index in [4.69, 9.17) is 0 Å². The molecule has 0 saturated carbocycles. The molecule has 0 saturated heterocycles. The molecule has 0 radical (unpaired) electrons. The maximum atomic E-state index is 12.4.